The molecule has 1 N–H and O–H groups in total. The molecule has 0 saturated heterocycles. The first-order chi connectivity index (χ1) is 13.2. The van der Waals surface area contributed by atoms with Crippen LogP contribution in [-0.4, -0.2) is 16.0 Å². The van der Waals surface area contributed by atoms with E-state index in [-0.39, 0.29) is 5.91 Å². The molecule has 0 bridgehead atoms. The van der Waals surface area contributed by atoms with Crippen LogP contribution >= 0.6 is 11.3 Å². The molecule has 7 heteroatoms. The van der Waals surface area contributed by atoms with E-state index in [1.54, 1.807) is 31.2 Å². The third-order valence-electron chi connectivity index (χ3n) is 3.74. The van der Waals surface area contributed by atoms with Crippen LogP contribution in [0.3, 0.4) is 0 Å². The van der Waals surface area contributed by atoms with Crippen molar-refractivity contribution in [2.75, 3.05) is 5.32 Å². The minimum absolute atomic E-state index is 0.280. The summed E-state index contributed by atoms with van der Waals surface area (Å²) in [6.45, 7) is 1.75. The van der Waals surface area contributed by atoms with Gasteiger partial charge in [0.05, 0.1) is 11.3 Å². The Labute approximate surface area is 159 Å². The molecular weight excluding hydrogens is 362 g/mol. The number of carbonyl (C=O) groups excluding carboxylic acids is 1. The predicted molar refractivity (Wildman–Crippen MR) is 103 cm³/mol. The topological polar surface area (TPSA) is 77.2 Å². The van der Waals surface area contributed by atoms with Crippen molar-refractivity contribution < 1.29 is 14.1 Å². The average molecular weight is 377 g/mol. The number of aromatic nitrogens is 2. The van der Waals surface area contributed by atoms with E-state index >= 15 is 0 Å². The van der Waals surface area contributed by atoms with E-state index in [0.717, 1.165) is 0 Å². The smallest absolute Gasteiger partial charge is 0.270 e. The molecule has 134 valence electrons. The molecule has 0 saturated carbocycles. The normalized spacial score (nSPS) is 10.6. The molecule has 0 radical (unpaired) electrons. The highest BCUT2D eigenvalue weighted by Gasteiger charge is 2.18. The fourth-order valence-corrected chi connectivity index (χ4v) is 3.28. The zero-order valence-corrected chi connectivity index (χ0v) is 15.2. The number of hydrogen-bond acceptors (Lipinski definition) is 6. The Morgan fingerprint density at radius 2 is 1.85 bits per heavy atom. The molecule has 0 aliphatic rings. The van der Waals surface area contributed by atoms with Crippen LogP contribution < -0.4 is 10.1 Å². The van der Waals surface area contributed by atoms with Crippen LogP contribution in [0.5, 0.6) is 11.5 Å². The van der Waals surface area contributed by atoms with Crippen molar-refractivity contribution in [2.45, 2.75) is 6.92 Å². The van der Waals surface area contributed by atoms with Gasteiger partial charge < -0.3 is 14.6 Å². The summed E-state index contributed by atoms with van der Waals surface area (Å²) in [5.41, 5.74) is 1.04. The molecule has 2 heterocycles. The van der Waals surface area contributed by atoms with E-state index in [4.69, 9.17) is 9.26 Å². The zero-order chi connectivity index (χ0) is 18.6. The van der Waals surface area contributed by atoms with Gasteiger partial charge in [0.2, 0.25) is 0 Å². The van der Waals surface area contributed by atoms with Crippen molar-refractivity contribution in [1.82, 2.24) is 10.1 Å². The highest BCUT2D eigenvalue weighted by Crippen LogP contribution is 2.33. The summed E-state index contributed by atoms with van der Waals surface area (Å²) in [6.07, 6.45) is 0. The van der Waals surface area contributed by atoms with Gasteiger partial charge in [-0.05, 0) is 42.6 Å². The molecule has 1 amide bonds. The summed E-state index contributed by atoms with van der Waals surface area (Å²) < 4.78 is 11.1. The van der Waals surface area contributed by atoms with Crippen molar-refractivity contribution >= 4 is 22.9 Å². The number of para-hydroxylation sites is 2. The maximum atomic E-state index is 12.9. The quantitative estimate of drug-likeness (QED) is 0.520. The Balaban J connectivity index is 1.59. The molecule has 0 unspecified atom stereocenters. The molecule has 4 rings (SSSR count). The maximum absolute atomic E-state index is 12.9. The third kappa shape index (κ3) is 3.73. The second-order valence-electron chi connectivity index (χ2n) is 5.68. The van der Waals surface area contributed by atoms with Gasteiger partial charge in [0, 0.05) is 0 Å². The standard InChI is InChI=1S/C20H15N3O3S/c1-13-21-20(26-23-13)18-16(11-12-27-18)22-19(24)15-9-5-6-10-17(15)25-14-7-3-2-4-8-14/h2-12H,1H3,(H,22,24). The van der Waals surface area contributed by atoms with Gasteiger partial charge in [-0.25, -0.2) is 0 Å². The van der Waals surface area contributed by atoms with Crippen molar-refractivity contribution in [3.05, 3.63) is 77.4 Å². The van der Waals surface area contributed by atoms with E-state index in [1.165, 1.54) is 11.3 Å². The lowest BCUT2D eigenvalue weighted by atomic mass is 10.2. The number of rotatable bonds is 5. The fraction of sp³-hybridized carbons (Fsp3) is 0.0500. The van der Waals surface area contributed by atoms with E-state index < -0.39 is 0 Å². The van der Waals surface area contributed by atoms with Gasteiger partial charge in [0.1, 0.15) is 16.4 Å². The van der Waals surface area contributed by atoms with Crippen LogP contribution in [0.1, 0.15) is 16.2 Å². The van der Waals surface area contributed by atoms with Gasteiger partial charge in [-0.1, -0.05) is 35.5 Å². The zero-order valence-electron chi connectivity index (χ0n) is 14.4. The lowest BCUT2D eigenvalue weighted by molar-refractivity contribution is 0.102. The number of aryl methyl sites for hydroxylation is 1. The van der Waals surface area contributed by atoms with Crippen LogP contribution in [0.2, 0.25) is 0 Å². The van der Waals surface area contributed by atoms with Crippen molar-refractivity contribution in [1.29, 1.82) is 0 Å². The predicted octanol–water partition coefficient (Wildman–Crippen LogP) is 5.15. The van der Waals surface area contributed by atoms with Crippen molar-refractivity contribution in [2.24, 2.45) is 0 Å². The maximum Gasteiger partial charge on any atom is 0.270 e. The van der Waals surface area contributed by atoms with Crippen LogP contribution in [-0.2, 0) is 0 Å². The Bertz CT molecular complexity index is 1070. The molecule has 0 aliphatic carbocycles. The number of carbonyl (C=O) groups is 1. The summed E-state index contributed by atoms with van der Waals surface area (Å²) in [5.74, 6) is 1.78. The molecular formula is C20H15N3O3S. The minimum Gasteiger partial charge on any atom is -0.457 e. The minimum atomic E-state index is -0.280. The monoisotopic (exact) mass is 377 g/mol. The summed E-state index contributed by atoms with van der Waals surface area (Å²) in [7, 11) is 0. The number of nitrogens with one attached hydrogen (secondary N) is 1. The fourth-order valence-electron chi connectivity index (χ4n) is 2.51. The van der Waals surface area contributed by atoms with Gasteiger partial charge in [-0.2, -0.15) is 4.98 Å². The van der Waals surface area contributed by atoms with Gasteiger partial charge in [-0.3, -0.25) is 4.79 Å². The van der Waals surface area contributed by atoms with Gasteiger partial charge in [0.25, 0.3) is 11.8 Å². The summed E-state index contributed by atoms with van der Waals surface area (Å²) in [5, 5.41) is 8.56. The molecule has 0 spiro atoms. The van der Waals surface area contributed by atoms with E-state index in [1.807, 2.05) is 41.8 Å². The SMILES string of the molecule is Cc1noc(-c2sccc2NC(=O)c2ccccc2Oc2ccccc2)n1. The Kier molecular flexibility index (Phi) is 4.67. The van der Waals surface area contributed by atoms with Crippen LogP contribution in [0.4, 0.5) is 5.69 Å². The lowest BCUT2D eigenvalue weighted by Crippen LogP contribution is -2.13. The Morgan fingerprint density at radius 1 is 1.07 bits per heavy atom. The lowest BCUT2D eigenvalue weighted by Gasteiger charge is -2.11. The Hall–Kier alpha value is -3.45. The number of amides is 1. The number of hydrogen-bond donors (Lipinski definition) is 1. The van der Waals surface area contributed by atoms with Gasteiger partial charge in [-0.15, -0.1) is 11.3 Å². The second-order valence-corrected chi connectivity index (χ2v) is 6.59. The van der Waals surface area contributed by atoms with E-state index in [0.29, 0.717) is 39.3 Å². The van der Waals surface area contributed by atoms with E-state index in [9.17, 15) is 4.79 Å². The second kappa shape index (κ2) is 7.43. The average Bonchev–Trinajstić information content (AvgIpc) is 3.31. The van der Waals surface area contributed by atoms with Crippen molar-refractivity contribution in [3.63, 3.8) is 0 Å². The summed E-state index contributed by atoms with van der Waals surface area (Å²) in [6, 6.07) is 18.2. The largest absolute Gasteiger partial charge is 0.457 e. The number of benzene rings is 2. The van der Waals surface area contributed by atoms with Gasteiger partial charge in [0.15, 0.2) is 5.82 Å². The molecule has 0 atom stereocenters. The van der Waals surface area contributed by atoms with E-state index in [2.05, 4.69) is 15.5 Å². The molecule has 6 nitrogen and oxygen atoms in total. The Morgan fingerprint density at radius 3 is 2.63 bits per heavy atom. The first kappa shape index (κ1) is 17.0. The number of anilines is 1. The highest BCUT2D eigenvalue weighted by atomic mass is 32.1. The third-order valence-corrected chi connectivity index (χ3v) is 4.64. The van der Waals surface area contributed by atoms with Gasteiger partial charge >= 0.3 is 0 Å². The molecule has 0 fully saturated rings. The van der Waals surface area contributed by atoms with Crippen LogP contribution in [0.25, 0.3) is 10.8 Å². The molecule has 2 aromatic carbocycles. The van der Waals surface area contributed by atoms with Crippen LogP contribution in [0.15, 0.2) is 70.6 Å². The number of nitrogens with zero attached hydrogens (tertiary/aromatic N) is 2. The number of thiophene rings is 1. The molecule has 2 aromatic heterocycles. The first-order valence-electron chi connectivity index (χ1n) is 8.22. The van der Waals surface area contributed by atoms with Crippen LogP contribution in [0, 0.1) is 6.92 Å². The summed E-state index contributed by atoms with van der Waals surface area (Å²) >= 11 is 1.42. The molecule has 4 aromatic rings. The molecule has 27 heavy (non-hydrogen) atoms. The summed E-state index contributed by atoms with van der Waals surface area (Å²) in [4.78, 5) is 17.8. The first-order valence-corrected chi connectivity index (χ1v) is 9.10. The highest BCUT2D eigenvalue weighted by molar-refractivity contribution is 7.14. The van der Waals surface area contributed by atoms with Crippen molar-refractivity contribution in [3.8, 4) is 22.3 Å². The molecule has 0 aliphatic heterocycles. The number of ether oxygens (including phenoxy) is 1.